The highest BCUT2D eigenvalue weighted by Gasteiger charge is 2.45. The van der Waals surface area contributed by atoms with Crippen LogP contribution in [0.5, 0.6) is 5.75 Å². The molecule has 0 unspecified atom stereocenters. The van der Waals surface area contributed by atoms with Gasteiger partial charge in [0.05, 0.1) is 19.3 Å². The van der Waals surface area contributed by atoms with E-state index in [2.05, 4.69) is 4.74 Å². The second-order valence-electron chi connectivity index (χ2n) is 3.14. The van der Waals surface area contributed by atoms with E-state index in [1.54, 1.807) is 0 Å². The quantitative estimate of drug-likeness (QED) is 0.784. The standard InChI is InChI=1S/C11H11ClF2O3/c1-3-17-10(15)11(13,14)8-6-7(12)4-5-9(8)16-2/h4-6H,3H2,1-2H3. The lowest BCUT2D eigenvalue weighted by Crippen LogP contribution is -2.28. The van der Waals surface area contributed by atoms with Gasteiger partial charge in [0.2, 0.25) is 0 Å². The van der Waals surface area contributed by atoms with Crippen LogP contribution in [0.25, 0.3) is 0 Å². The van der Waals surface area contributed by atoms with Crippen LogP contribution in [0.4, 0.5) is 8.78 Å². The van der Waals surface area contributed by atoms with E-state index >= 15 is 0 Å². The van der Waals surface area contributed by atoms with Crippen LogP contribution in [0.3, 0.4) is 0 Å². The number of alkyl halides is 2. The number of carbonyl (C=O) groups is 1. The van der Waals surface area contributed by atoms with Gasteiger partial charge in [-0.15, -0.1) is 0 Å². The molecule has 6 heteroatoms. The minimum absolute atomic E-state index is 0.0878. The lowest BCUT2D eigenvalue weighted by molar-refractivity contribution is -0.173. The first-order chi connectivity index (χ1) is 7.93. The van der Waals surface area contributed by atoms with Crippen LogP contribution in [-0.2, 0) is 15.5 Å². The van der Waals surface area contributed by atoms with E-state index in [4.69, 9.17) is 16.3 Å². The molecule has 0 spiro atoms. The highest BCUT2D eigenvalue weighted by Crippen LogP contribution is 2.37. The summed E-state index contributed by atoms with van der Waals surface area (Å²) < 4.78 is 36.6. The van der Waals surface area contributed by atoms with Crippen molar-refractivity contribution < 1.29 is 23.0 Å². The zero-order chi connectivity index (χ0) is 13.1. The molecule has 0 radical (unpaired) electrons. The summed E-state index contributed by atoms with van der Waals surface area (Å²) in [6, 6.07) is 3.65. The average Bonchev–Trinajstić information content (AvgIpc) is 2.29. The molecule has 0 aromatic heterocycles. The lowest BCUT2D eigenvalue weighted by atomic mass is 10.1. The number of methoxy groups -OCH3 is 1. The molecule has 1 aromatic carbocycles. The molecule has 0 atom stereocenters. The predicted molar refractivity (Wildman–Crippen MR) is 58.5 cm³/mol. The zero-order valence-electron chi connectivity index (χ0n) is 9.30. The molecular formula is C11H11ClF2O3. The van der Waals surface area contributed by atoms with Gasteiger partial charge in [-0.2, -0.15) is 8.78 Å². The van der Waals surface area contributed by atoms with Gasteiger partial charge >= 0.3 is 11.9 Å². The van der Waals surface area contributed by atoms with Crippen molar-refractivity contribution in [3.8, 4) is 5.75 Å². The molecular weight excluding hydrogens is 254 g/mol. The number of rotatable bonds is 4. The maximum Gasteiger partial charge on any atom is 0.382 e. The highest BCUT2D eigenvalue weighted by molar-refractivity contribution is 6.30. The summed E-state index contributed by atoms with van der Waals surface area (Å²) in [6.45, 7) is 1.32. The summed E-state index contributed by atoms with van der Waals surface area (Å²) in [7, 11) is 1.23. The van der Waals surface area contributed by atoms with E-state index in [-0.39, 0.29) is 17.4 Å². The van der Waals surface area contributed by atoms with Crippen molar-refractivity contribution in [2.24, 2.45) is 0 Å². The number of hydrogen-bond donors (Lipinski definition) is 0. The third-order valence-corrected chi connectivity index (χ3v) is 2.27. The highest BCUT2D eigenvalue weighted by atomic mass is 35.5. The van der Waals surface area contributed by atoms with Crippen molar-refractivity contribution in [2.45, 2.75) is 12.8 Å². The summed E-state index contributed by atoms with van der Waals surface area (Å²) in [5.41, 5.74) is -0.606. The van der Waals surface area contributed by atoms with Crippen molar-refractivity contribution >= 4 is 17.6 Å². The molecule has 0 aliphatic heterocycles. The van der Waals surface area contributed by atoms with Crippen molar-refractivity contribution in [3.05, 3.63) is 28.8 Å². The van der Waals surface area contributed by atoms with Gasteiger partial charge in [-0.1, -0.05) is 11.6 Å². The van der Waals surface area contributed by atoms with E-state index in [0.717, 1.165) is 6.07 Å². The van der Waals surface area contributed by atoms with E-state index in [9.17, 15) is 13.6 Å². The summed E-state index contributed by atoms with van der Waals surface area (Å²) in [4.78, 5) is 11.2. The number of benzene rings is 1. The Kier molecular flexibility index (Phi) is 4.28. The Balaban J connectivity index is 3.21. The van der Waals surface area contributed by atoms with Gasteiger partial charge in [-0.3, -0.25) is 0 Å². The minimum atomic E-state index is -3.79. The van der Waals surface area contributed by atoms with Crippen LogP contribution in [-0.4, -0.2) is 19.7 Å². The molecule has 0 aliphatic carbocycles. The van der Waals surface area contributed by atoms with Crippen LogP contribution >= 0.6 is 11.6 Å². The summed E-state index contributed by atoms with van der Waals surface area (Å²) in [5, 5.41) is 0.0878. The lowest BCUT2D eigenvalue weighted by Gasteiger charge is -2.17. The van der Waals surface area contributed by atoms with Crippen LogP contribution in [0, 0.1) is 0 Å². The predicted octanol–water partition coefficient (Wildman–Crippen LogP) is 3.00. The number of esters is 1. The molecule has 0 fully saturated rings. The Morgan fingerprint density at radius 3 is 2.65 bits per heavy atom. The number of carbonyl (C=O) groups excluding carboxylic acids is 1. The fraction of sp³-hybridized carbons (Fsp3) is 0.364. The summed E-state index contributed by atoms with van der Waals surface area (Å²) >= 11 is 5.62. The Labute approximate surface area is 102 Å². The fourth-order valence-corrected chi connectivity index (χ4v) is 1.43. The molecule has 1 aromatic rings. The first-order valence-electron chi connectivity index (χ1n) is 4.82. The molecule has 94 valence electrons. The van der Waals surface area contributed by atoms with Crippen molar-refractivity contribution in [1.29, 1.82) is 0 Å². The monoisotopic (exact) mass is 264 g/mol. The van der Waals surface area contributed by atoms with Crippen LogP contribution < -0.4 is 4.74 Å². The molecule has 0 amide bonds. The van der Waals surface area contributed by atoms with E-state index in [1.165, 1.54) is 26.2 Å². The normalized spacial score (nSPS) is 11.1. The van der Waals surface area contributed by atoms with E-state index < -0.39 is 17.5 Å². The second kappa shape index (κ2) is 5.31. The fourth-order valence-electron chi connectivity index (χ4n) is 1.26. The molecule has 0 N–H and O–H groups in total. The topological polar surface area (TPSA) is 35.5 Å². The van der Waals surface area contributed by atoms with Gasteiger partial charge in [0, 0.05) is 5.02 Å². The Morgan fingerprint density at radius 1 is 1.47 bits per heavy atom. The van der Waals surface area contributed by atoms with E-state index in [1.807, 2.05) is 0 Å². The van der Waals surface area contributed by atoms with Gasteiger partial charge in [0.15, 0.2) is 0 Å². The minimum Gasteiger partial charge on any atom is -0.496 e. The van der Waals surface area contributed by atoms with Crippen molar-refractivity contribution in [2.75, 3.05) is 13.7 Å². The molecule has 0 heterocycles. The van der Waals surface area contributed by atoms with Gasteiger partial charge in [0.25, 0.3) is 0 Å². The summed E-state index contributed by atoms with van der Waals surface area (Å²) in [6.07, 6.45) is 0. The molecule has 17 heavy (non-hydrogen) atoms. The molecule has 0 bridgehead atoms. The molecule has 3 nitrogen and oxygen atoms in total. The third-order valence-electron chi connectivity index (χ3n) is 2.03. The number of ether oxygens (including phenoxy) is 2. The Bertz CT molecular complexity index is 421. The average molecular weight is 265 g/mol. The maximum atomic E-state index is 13.8. The molecule has 1 rings (SSSR count). The van der Waals surface area contributed by atoms with Crippen LogP contribution in [0.1, 0.15) is 12.5 Å². The first kappa shape index (κ1) is 13.7. The SMILES string of the molecule is CCOC(=O)C(F)(F)c1cc(Cl)ccc1OC. The van der Waals surface area contributed by atoms with Gasteiger partial charge in [0.1, 0.15) is 5.75 Å². The van der Waals surface area contributed by atoms with Crippen LogP contribution in [0.15, 0.2) is 18.2 Å². The van der Waals surface area contributed by atoms with Crippen molar-refractivity contribution in [3.63, 3.8) is 0 Å². The zero-order valence-corrected chi connectivity index (χ0v) is 10.1. The first-order valence-corrected chi connectivity index (χ1v) is 5.20. The van der Waals surface area contributed by atoms with Gasteiger partial charge < -0.3 is 9.47 Å². The number of hydrogen-bond acceptors (Lipinski definition) is 3. The molecule has 0 saturated heterocycles. The summed E-state index contributed by atoms with van der Waals surface area (Å²) in [5.74, 6) is -5.53. The number of halogens is 3. The van der Waals surface area contributed by atoms with Gasteiger partial charge in [-0.05, 0) is 25.1 Å². The Morgan fingerprint density at radius 2 is 2.12 bits per heavy atom. The smallest absolute Gasteiger partial charge is 0.382 e. The second-order valence-corrected chi connectivity index (χ2v) is 3.58. The largest absolute Gasteiger partial charge is 0.496 e. The maximum absolute atomic E-state index is 13.8. The van der Waals surface area contributed by atoms with Gasteiger partial charge in [-0.25, -0.2) is 4.79 Å². The van der Waals surface area contributed by atoms with Crippen molar-refractivity contribution in [1.82, 2.24) is 0 Å². The van der Waals surface area contributed by atoms with E-state index in [0.29, 0.717) is 0 Å². The Hall–Kier alpha value is -1.36. The molecule has 0 aliphatic rings. The molecule has 0 saturated carbocycles. The van der Waals surface area contributed by atoms with Crippen LogP contribution in [0.2, 0.25) is 5.02 Å². The third kappa shape index (κ3) is 2.85.